The zero-order valence-electron chi connectivity index (χ0n) is 21.7. The molecular weight excluding hydrogens is 538 g/mol. The van der Waals surface area contributed by atoms with Crippen molar-refractivity contribution in [2.75, 3.05) is 20.8 Å². The molecule has 1 saturated heterocycles. The second-order valence-electron chi connectivity index (χ2n) is 10.3. The summed E-state index contributed by atoms with van der Waals surface area (Å²) in [5.41, 5.74) is 1.82. The first-order chi connectivity index (χ1) is 19.0. The molecule has 4 aromatic carbocycles. The van der Waals surface area contributed by atoms with E-state index in [-0.39, 0.29) is 23.3 Å². The van der Waals surface area contributed by atoms with E-state index >= 15 is 0 Å². The summed E-state index contributed by atoms with van der Waals surface area (Å²) in [4.78, 5) is 13.4. The second-order valence-corrected chi connectivity index (χ2v) is 11.8. The molecule has 2 atom stereocenters. The number of hydrogen-bond acceptors (Lipinski definition) is 8. The largest absolute Gasteiger partial charge is 0.508 e. The lowest BCUT2D eigenvalue weighted by atomic mass is 9.84. The molecule has 40 heavy (non-hydrogen) atoms. The van der Waals surface area contributed by atoms with E-state index in [1.165, 1.54) is 0 Å². The molecule has 0 spiro atoms. The Bertz CT molecular complexity index is 1830. The van der Waals surface area contributed by atoms with Gasteiger partial charge in [-0.2, -0.15) is 8.42 Å². The summed E-state index contributed by atoms with van der Waals surface area (Å²) in [6.45, 7) is 1.02. The summed E-state index contributed by atoms with van der Waals surface area (Å²) in [6.07, 6.45) is 1.20. The lowest BCUT2D eigenvalue weighted by Gasteiger charge is -2.33. The van der Waals surface area contributed by atoms with Crippen molar-refractivity contribution in [3.8, 4) is 23.0 Å². The van der Waals surface area contributed by atoms with Crippen LogP contribution < -0.4 is 9.47 Å². The highest BCUT2D eigenvalue weighted by atomic mass is 32.2. The van der Waals surface area contributed by atoms with E-state index in [2.05, 4.69) is 4.90 Å². The predicted molar refractivity (Wildman–Crippen MR) is 146 cm³/mol. The van der Waals surface area contributed by atoms with Gasteiger partial charge in [0.15, 0.2) is 11.5 Å². The Hall–Kier alpha value is -4.06. The summed E-state index contributed by atoms with van der Waals surface area (Å²) in [6, 6.07) is 11.1. The minimum absolute atomic E-state index is 0.0328. The first-order valence-corrected chi connectivity index (χ1v) is 14.1. The maximum Gasteiger partial charge on any atom is 0.339 e. The van der Waals surface area contributed by atoms with E-state index in [0.717, 1.165) is 44.8 Å². The van der Waals surface area contributed by atoms with Crippen LogP contribution in [0.4, 0.5) is 0 Å². The van der Waals surface area contributed by atoms with Crippen molar-refractivity contribution in [3.63, 3.8) is 0 Å². The van der Waals surface area contributed by atoms with Gasteiger partial charge in [-0.05, 0) is 81.9 Å². The van der Waals surface area contributed by atoms with Gasteiger partial charge >= 0.3 is 5.97 Å². The van der Waals surface area contributed by atoms with E-state index in [0.29, 0.717) is 37.4 Å². The van der Waals surface area contributed by atoms with E-state index < -0.39 is 32.3 Å². The monoisotopic (exact) mass is 565 g/mol. The number of ether oxygens (including phenoxy) is 2. The standard InChI is InChI=1S/C29H27NO9S/c1-38-26-10-22-20-6-15-5-14(19-8-17(40(35,36)37)9-24(28(19)32)29(33)34)12-30(15)13-25(20)18-4-3-16(31)7-21(18)23(22)11-27(26)39-2/h3-4,7-11,14-15,31-32H,5-6,12-13H2,1-2H3,(H,33,34)(H,35,36,37). The van der Waals surface area contributed by atoms with Crippen molar-refractivity contribution in [1.29, 1.82) is 0 Å². The van der Waals surface area contributed by atoms with Crippen molar-refractivity contribution in [1.82, 2.24) is 4.90 Å². The molecule has 1 fully saturated rings. The Morgan fingerprint density at radius 2 is 1.60 bits per heavy atom. The number of carbonyl (C=O) groups is 1. The van der Waals surface area contributed by atoms with Gasteiger partial charge < -0.3 is 24.8 Å². The molecule has 2 aliphatic heterocycles. The van der Waals surface area contributed by atoms with E-state index in [1.54, 1.807) is 26.4 Å². The quantitative estimate of drug-likeness (QED) is 0.204. The molecule has 2 heterocycles. The molecule has 6 rings (SSSR count). The minimum Gasteiger partial charge on any atom is -0.508 e. The lowest BCUT2D eigenvalue weighted by Crippen LogP contribution is -2.35. The van der Waals surface area contributed by atoms with Crippen LogP contribution in [0.3, 0.4) is 0 Å². The van der Waals surface area contributed by atoms with E-state index in [1.807, 2.05) is 18.2 Å². The molecule has 2 unspecified atom stereocenters. The first kappa shape index (κ1) is 26.2. The fourth-order valence-electron chi connectivity index (χ4n) is 6.42. The van der Waals surface area contributed by atoms with Gasteiger partial charge in [-0.1, -0.05) is 6.07 Å². The van der Waals surface area contributed by atoms with Crippen molar-refractivity contribution >= 4 is 37.6 Å². The summed E-state index contributed by atoms with van der Waals surface area (Å²) in [7, 11) is -1.55. The molecule has 0 aliphatic carbocycles. The van der Waals surface area contributed by atoms with Crippen molar-refractivity contribution < 1.29 is 42.6 Å². The summed E-state index contributed by atoms with van der Waals surface area (Å²) in [5, 5.41) is 34.4. The smallest absolute Gasteiger partial charge is 0.339 e. The van der Waals surface area contributed by atoms with Gasteiger partial charge in [0.2, 0.25) is 0 Å². The number of hydrogen-bond donors (Lipinski definition) is 4. The van der Waals surface area contributed by atoms with Gasteiger partial charge in [0.25, 0.3) is 10.1 Å². The number of methoxy groups -OCH3 is 2. The van der Waals surface area contributed by atoms with Crippen LogP contribution in [0.5, 0.6) is 23.0 Å². The number of carboxylic acids is 1. The molecular formula is C29H27NO9S. The first-order valence-electron chi connectivity index (χ1n) is 12.6. The molecule has 0 amide bonds. The molecule has 0 radical (unpaired) electrons. The highest BCUT2D eigenvalue weighted by molar-refractivity contribution is 7.85. The van der Waals surface area contributed by atoms with Crippen LogP contribution in [0.25, 0.3) is 21.5 Å². The summed E-state index contributed by atoms with van der Waals surface area (Å²) >= 11 is 0. The zero-order valence-corrected chi connectivity index (χ0v) is 22.5. The van der Waals surface area contributed by atoms with E-state index in [9.17, 15) is 33.1 Å². The van der Waals surface area contributed by atoms with Gasteiger partial charge in [0, 0.05) is 30.6 Å². The second kappa shape index (κ2) is 9.26. The van der Waals surface area contributed by atoms with Gasteiger partial charge in [-0.25, -0.2) is 4.79 Å². The third-order valence-electron chi connectivity index (χ3n) is 8.24. The van der Waals surface area contributed by atoms with Crippen LogP contribution >= 0.6 is 0 Å². The molecule has 0 saturated carbocycles. The maximum absolute atomic E-state index is 11.9. The number of phenols is 2. The average Bonchev–Trinajstić information content (AvgIpc) is 3.33. The molecule has 208 valence electrons. The van der Waals surface area contributed by atoms with Gasteiger partial charge in [0.05, 0.1) is 19.1 Å². The number of benzene rings is 4. The van der Waals surface area contributed by atoms with Crippen molar-refractivity contribution in [3.05, 3.63) is 64.7 Å². The number of aromatic hydroxyl groups is 2. The number of fused-ring (bicyclic) bond motifs is 7. The third-order valence-corrected chi connectivity index (χ3v) is 9.07. The van der Waals surface area contributed by atoms with Gasteiger partial charge in [0.1, 0.15) is 17.1 Å². The van der Waals surface area contributed by atoms with Crippen LogP contribution in [0, 0.1) is 0 Å². The number of nitrogens with zero attached hydrogens (tertiary/aromatic N) is 1. The van der Waals surface area contributed by atoms with Crippen LogP contribution in [0.1, 0.15) is 39.4 Å². The van der Waals surface area contributed by atoms with Gasteiger partial charge in [-0.15, -0.1) is 0 Å². The summed E-state index contributed by atoms with van der Waals surface area (Å²) < 4.78 is 44.5. The fraction of sp³-hybridized carbons (Fsp3) is 0.276. The molecule has 2 aliphatic rings. The Morgan fingerprint density at radius 3 is 2.25 bits per heavy atom. The molecule has 0 bridgehead atoms. The molecule has 0 aromatic heterocycles. The normalized spacial score (nSPS) is 19.0. The average molecular weight is 566 g/mol. The third kappa shape index (κ3) is 4.09. The molecule has 10 nitrogen and oxygen atoms in total. The molecule has 4 N–H and O–H groups in total. The SMILES string of the molecule is COc1cc2c3c(c4ccc(O)cc4c2cc1OC)CN1CC(c2cc(S(=O)(=O)O)cc(C(=O)O)c2O)CC1C3. The maximum atomic E-state index is 11.9. The number of phenolic OH excluding ortho intramolecular Hbond substituents is 1. The Balaban J connectivity index is 1.48. The van der Waals surface area contributed by atoms with Crippen LogP contribution in [-0.4, -0.2) is 66.0 Å². The fourth-order valence-corrected chi connectivity index (χ4v) is 6.96. The Kier molecular flexibility index (Phi) is 6.06. The van der Waals surface area contributed by atoms with Crippen molar-refractivity contribution in [2.45, 2.75) is 36.2 Å². The number of rotatable bonds is 5. The molecule has 11 heteroatoms. The summed E-state index contributed by atoms with van der Waals surface area (Å²) in [5.74, 6) is -1.06. The Labute approximate surface area is 229 Å². The number of aromatic carboxylic acids is 1. The van der Waals surface area contributed by atoms with Gasteiger partial charge in [-0.3, -0.25) is 9.45 Å². The topological polar surface area (TPSA) is 154 Å². The predicted octanol–water partition coefficient (Wildman–Crippen LogP) is 4.28. The highest BCUT2D eigenvalue weighted by Gasteiger charge is 2.39. The number of carboxylic acid groups (broad SMARTS) is 1. The highest BCUT2D eigenvalue weighted by Crippen LogP contribution is 2.47. The zero-order chi connectivity index (χ0) is 28.5. The molecule has 4 aromatic rings. The van der Waals surface area contributed by atoms with Crippen LogP contribution in [0.2, 0.25) is 0 Å². The lowest BCUT2D eigenvalue weighted by molar-refractivity contribution is 0.0693. The van der Waals surface area contributed by atoms with Crippen LogP contribution in [0.15, 0.2) is 47.4 Å². The Morgan fingerprint density at radius 1 is 0.925 bits per heavy atom. The van der Waals surface area contributed by atoms with Crippen molar-refractivity contribution in [2.24, 2.45) is 0 Å². The van der Waals surface area contributed by atoms with Crippen LogP contribution in [-0.2, 0) is 23.1 Å². The van der Waals surface area contributed by atoms with E-state index in [4.69, 9.17) is 9.47 Å². The minimum atomic E-state index is -4.69.